The maximum absolute atomic E-state index is 14.1. The van der Waals surface area contributed by atoms with Gasteiger partial charge in [0.15, 0.2) is 0 Å². The van der Waals surface area contributed by atoms with E-state index in [1.807, 2.05) is 23.1 Å². The lowest BCUT2D eigenvalue weighted by atomic mass is 9.81. The summed E-state index contributed by atoms with van der Waals surface area (Å²) in [7, 11) is 0. The van der Waals surface area contributed by atoms with Gasteiger partial charge in [-0.3, -0.25) is 14.4 Å². The third-order valence-corrected chi connectivity index (χ3v) is 10.1. The van der Waals surface area contributed by atoms with Gasteiger partial charge in [0.25, 0.3) is 0 Å². The third-order valence-electron chi connectivity index (χ3n) is 10.1. The second-order valence-electron chi connectivity index (χ2n) is 11.8. The topological polar surface area (TPSA) is 112 Å². The number of rotatable bonds is 5. The summed E-state index contributed by atoms with van der Waals surface area (Å²) < 4.78 is 5.87. The Morgan fingerprint density at radius 1 is 1.27 bits per heavy atom. The van der Waals surface area contributed by atoms with Crippen LogP contribution < -0.4 is 15.4 Å². The maximum Gasteiger partial charge on any atom is 0.244 e. The van der Waals surface area contributed by atoms with Crippen molar-refractivity contribution in [3.63, 3.8) is 0 Å². The first-order valence-electron chi connectivity index (χ1n) is 13.7. The molecule has 3 amide bonds. The van der Waals surface area contributed by atoms with E-state index < -0.39 is 12.1 Å². The molecule has 192 valence electrons. The average molecular weight is 501 g/mol. The minimum absolute atomic E-state index is 0.0544. The Balaban J connectivity index is 1.13. The first kappa shape index (κ1) is 22.8. The molecule has 1 aromatic carbocycles. The number of allylic oxidation sites excluding steroid dienone is 2. The molecule has 2 bridgehead atoms. The van der Waals surface area contributed by atoms with E-state index in [1.54, 1.807) is 0 Å². The number of nitrogens with one attached hydrogen (secondary N) is 2. The molecule has 2 saturated heterocycles. The summed E-state index contributed by atoms with van der Waals surface area (Å²) in [6.45, 7) is 1.81. The molecule has 0 aromatic heterocycles. The molecule has 8 heteroatoms. The Hall–Kier alpha value is -3.34. The predicted molar refractivity (Wildman–Crippen MR) is 133 cm³/mol. The number of amides is 3. The fourth-order valence-electron chi connectivity index (χ4n) is 8.22. The lowest BCUT2D eigenvalue weighted by Gasteiger charge is -2.32. The van der Waals surface area contributed by atoms with Crippen molar-refractivity contribution in [2.24, 2.45) is 35.5 Å². The number of carbonyl (C=O) groups excluding carboxylic acids is 3. The van der Waals surface area contributed by atoms with E-state index in [9.17, 15) is 19.6 Å². The van der Waals surface area contributed by atoms with Crippen molar-refractivity contribution in [1.82, 2.24) is 15.5 Å². The zero-order valence-electron chi connectivity index (χ0n) is 20.8. The average Bonchev–Trinajstić information content (AvgIpc) is 3.37. The predicted octanol–water partition coefficient (Wildman–Crippen LogP) is 1.91. The third kappa shape index (κ3) is 3.43. The number of para-hydroxylation sites is 1. The fraction of sp³-hybridized carbons (Fsp3) is 0.586. The highest BCUT2D eigenvalue weighted by molar-refractivity contribution is 5.92. The molecule has 6 aliphatic rings. The number of carbonyl (C=O) groups is 3. The molecule has 2 N–H and O–H groups in total. The van der Waals surface area contributed by atoms with Gasteiger partial charge in [-0.2, -0.15) is 5.26 Å². The van der Waals surface area contributed by atoms with Gasteiger partial charge in [0.1, 0.15) is 17.8 Å². The zero-order valence-corrected chi connectivity index (χ0v) is 20.8. The lowest BCUT2D eigenvalue weighted by molar-refractivity contribution is -0.141. The monoisotopic (exact) mass is 500 g/mol. The molecule has 0 unspecified atom stereocenters. The Morgan fingerprint density at radius 3 is 2.92 bits per heavy atom. The summed E-state index contributed by atoms with van der Waals surface area (Å²) in [6.07, 6.45) is 8.10. The molecule has 4 fully saturated rings. The number of likely N-dealkylation sites (tertiary alicyclic amines) is 1. The number of hydrogen-bond donors (Lipinski definition) is 2. The Bertz CT molecular complexity index is 1240. The highest BCUT2D eigenvalue weighted by Gasteiger charge is 2.65. The SMILES string of the molecule is N#C[C@H](C[C@@H]1CCNC1=O)NC(=O)[C@@H]1[C@@H]2[C@H](CN1C(=O)[C@@H]1C[C@]13CCOc1ccccc13)[C@@H]1C=C[C@H]2C1. The van der Waals surface area contributed by atoms with E-state index in [0.717, 1.165) is 30.6 Å². The second kappa shape index (κ2) is 8.34. The van der Waals surface area contributed by atoms with E-state index in [-0.39, 0.29) is 46.8 Å². The molecule has 3 aliphatic heterocycles. The summed E-state index contributed by atoms with van der Waals surface area (Å²) >= 11 is 0. The zero-order chi connectivity index (χ0) is 25.3. The highest BCUT2D eigenvalue weighted by Crippen LogP contribution is 2.62. The fourth-order valence-corrected chi connectivity index (χ4v) is 8.22. The Morgan fingerprint density at radius 2 is 2.11 bits per heavy atom. The van der Waals surface area contributed by atoms with Gasteiger partial charge >= 0.3 is 0 Å². The molecule has 9 atom stereocenters. The number of nitrogens with zero attached hydrogens (tertiary/aromatic N) is 2. The highest BCUT2D eigenvalue weighted by atomic mass is 16.5. The van der Waals surface area contributed by atoms with Crippen LogP contribution in [0.5, 0.6) is 5.75 Å². The molecule has 3 heterocycles. The molecule has 8 nitrogen and oxygen atoms in total. The summed E-state index contributed by atoms with van der Waals surface area (Å²) in [5.74, 6) is 1.31. The molecule has 37 heavy (non-hydrogen) atoms. The van der Waals surface area contributed by atoms with Crippen LogP contribution in [0.2, 0.25) is 0 Å². The molecule has 2 saturated carbocycles. The van der Waals surface area contributed by atoms with Crippen LogP contribution in [-0.2, 0) is 19.8 Å². The molecular weight excluding hydrogens is 468 g/mol. The van der Waals surface area contributed by atoms with Crippen LogP contribution in [0.4, 0.5) is 0 Å². The van der Waals surface area contributed by atoms with Gasteiger partial charge in [0, 0.05) is 35.9 Å². The minimum Gasteiger partial charge on any atom is -0.493 e. The van der Waals surface area contributed by atoms with Crippen molar-refractivity contribution < 1.29 is 19.1 Å². The van der Waals surface area contributed by atoms with Gasteiger partial charge in [-0.15, -0.1) is 0 Å². The minimum atomic E-state index is -0.749. The number of benzene rings is 1. The van der Waals surface area contributed by atoms with Gasteiger partial charge in [-0.05, 0) is 61.8 Å². The van der Waals surface area contributed by atoms with Gasteiger partial charge in [-0.1, -0.05) is 30.4 Å². The van der Waals surface area contributed by atoms with Crippen LogP contribution in [-0.4, -0.2) is 54.4 Å². The second-order valence-corrected chi connectivity index (χ2v) is 11.8. The van der Waals surface area contributed by atoms with Crippen LogP contribution in [0.15, 0.2) is 36.4 Å². The van der Waals surface area contributed by atoms with Crippen LogP contribution in [0.3, 0.4) is 0 Å². The van der Waals surface area contributed by atoms with E-state index in [4.69, 9.17) is 4.74 Å². The Labute approximate surface area is 216 Å². The van der Waals surface area contributed by atoms with Crippen molar-refractivity contribution in [2.75, 3.05) is 19.7 Å². The lowest BCUT2D eigenvalue weighted by Crippen LogP contribution is -2.52. The first-order chi connectivity index (χ1) is 18.0. The number of hydrogen-bond acceptors (Lipinski definition) is 5. The smallest absolute Gasteiger partial charge is 0.244 e. The quantitative estimate of drug-likeness (QED) is 0.600. The van der Waals surface area contributed by atoms with Gasteiger partial charge in [-0.25, -0.2) is 0 Å². The van der Waals surface area contributed by atoms with Crippen LogP contribution in [0.1, 0.15) is 37.7 Å². The van der Waals surface area contributed by atoms with Gasteiger partial charge < -0.3 is 20.3 Å². The van der Waals surface area contributed by atoms with Crippen molar-refractivity contribution in [3.8, 4) is 11.8 Å². The Kier molecular flexibility index (Phi) is 5.14. The standard InChI is InChI=1S/C29H32N4O4/c30-14-19(12-18-7-9-31-26(18)34)32-27(35)25-24-17-6-5-16(11-17)20(24)15-33(25)28(36)22-13-29(22)8-10-37-23-4-2-1-3-21(23)29/h1-6,16-20,22,24-25H,7-13,15H2,(H,31,34)(H,32,35)/t16-,17+,18+,19+,20-,22+,24+,25+,29+/m1/s1. The van der Waals surface area contributed by atoms with E-state index in [1.165, 1.54) is 0 Å². The van der Waals surface area contributed by atoms with Crippen molar-refractivity contribution >= 4 is 17.7 Å². The first-order valence-corrected chi connectivity index (χ1v) is 13.7. The molecular formula is C29H32N4O4. The molecule has 1 aromatic rings. The van der Waals surface area contributed by atoms with Crippen molar-refractivity contribution in [3.05, 3.63) is 42.0 Å². The van der Waals surface area contributed by atoms with Crippen molar-refractivity contribution in [1.29, 1.82) is 5.26 Å². The summed E-state index contributed by atoms with van der Waals surface area (Å²) in [4.78, 5) is 41.8. The summed E-state index contributed by atoms with van der Waals surface area (Å²) in [6, 6.07) is 8.88. The van der Waals surface area contributed by atoms with Gasteiger partial charge in [0.2, 0.25) is 17.7 Å². The summed E-state index contributed by atoms with van der Waals surface area (Å²) in [5.41, 5.74) is 0.911. The molecule has 3 aliphatic carbocycles. The number of nitriles is 1. The van der Waals surface area contributed by atoms with E-state index in [0.29, 0.717) is 44.4 Å². The van der Waals surface area contributed by atoms with Crippen molar-refractivity contribution in [2.45, 2.75) is 49.6 Å². The summed E-state index contributed by atoms with van der Waals surface area (Å²) in [5, 5.41) is 15.5. The normalized spacial score (nSPS) is 38.9. The maximum atomic E-state index is 14.1. The van der Waals surface area contributed by atoms with E-state index >= 15 is 0 Å². The van der Waals surface area contributed by atoms with Crippen LogP contribution in [0.25, 0.3) is 0 Å². The number of fused-ring (bicyclic) bond motifs is 7. The molecule has 7 rings (SSSR count). The molecule has 1 spiro atoms. The van der Waals surface area contributed by atoms with Crippen LogP contribution >= 0.6 is 0 Å². The van der Waals surface area contributed by atoms with Gasteiger partial charge in [0.05, 0.1) is 12.7 Å². The van der Waals surface area contributed by atoms with Crippen LogP contribution in [0, 0.1) is 46.8 Å². The largest absolute Gasteiger partial charge is 0.493 e. The molecule has 0 radical (unpaired) electrons. The van der Waals surface area contributed by atoms with E-state index in [2.05, 4.69) is 34.9 Å². The number of ether oxygens (including phenoxy) is 1.